The Labute approximate surface area is 172 Å². The second kappa shape index (κ2) is 7.38. The number of benzene rings is 3. The van der Waals surface area contributed by atoms with Crippen molar-refractivity contribution < 1.29 is 12.8 Å². The van der Waals surface area contributed by atoms with E-state index in [1.54, 1.807) is 50.2 Å². The fourth-order valence-electron chi connectivity index (χ4n) is 3.31. The van der Waals surface area contributed by atoms with E-state index in [0.717, 1.165) is 6.07 Å². The van der Waals surface area contributed by atoms with E-state index in [2.05, 4.69) is 9.71 Å². The monoisotopic (exact) mass is 423 g/mol. The molecule has 0 saturated heterocycles. The lowest BCUT2D eigenvalue weighted by molar-refractivity contribution is 0.570. The predicted molar refractivity (Wildman–Crippen MR) is 114 cm³/mol. The topological polar surface area (TPSA) is 81.1 Å². The number of hydrogen-bond donors (Lipinski definition) is 1. The molecule has 3 aromatic carbocycles. The molecular formula is C22H18FN3O3S. The number of fused-ring (bicyclic) bond motifs is 1. The Bertz CT molecular complexity index is 1450. The van der Waals surface area contributed by atoms with Crippen molar-refractivity contribution in [2.45, 2.75) is 18.7 Å². The number of para-hydroxylation sites is 1. The van der Waals surface area contributed by atoms with Gasteiger partial charge in [0.2, 0.25) is 0 Å². The van der Waals surface area contributed by atoms with Crippen molar-refractivity contribution in [3.63, 3.8) is 0 Å². The van der Waals surface area contributed by atoms with Crippen LogP contribution in [0.4, 0.5) is 10.1 Å². The molecule has 0 amide bonds. The average Bonchev–Trinajstić information content (AvgIpc) is 2.70. The van der Waals surface area contributed by atoms with Crippen molar-refractivity contribution >= 4 is 26.6 Å². The highest BCUT2D eigenvalue weighted by Crippen LogP contribution is 2.24. The van der Waals surface area contributed by atoms with Crippen LogP contribution in [-0.2, 0) is 10.0 Å². The smallest absolute Gasteiger partial charge is 0.265 e. The van der Waals surface area contributed by atoms with Gasteiger partial charge in [-0.15, -0.1) is 0 Å². The van der Waals surface area contributed by atoms with Gasteiger partial charge in [0.15, 0.2) is 0 Å². The van der Waals surface area contributed by atoms with E-state index in [1.807, 2.05) is 6.07 Å². The van der Waals surface area contributed by atoms with Gasteiger partial charge in [0.05, 0.1) is 22.3 Å². The molecule has 152 valence electrons. The fourth-order valence-corrected chi connectivity index (χ4v) is 4.52. The molecule has 0 aliphatic heterocycles. The lowest BCUT2D eigenvalue weighted by atomic mass is 10.1. The third kappa shape index (κ3) is 3.46. The van der Waals surface area contributed by atoms with Gasteiger partial charge in [-0.3, -0.25) is 14.1 Å². The van der Waals surface area contributed by atoms with Gasteiger partial charge < -0.3 is 0 Å². The molecule has 1 N–H and O–H groups in total. The van der Waals surface area contributed by atoms with Crippen molar-refractivity contribution in [1.29, 1.82) is 0 Å². The molecule has 0 radical (unpaired) electrons. The maximum absolute atomic E-state index is 13.9. The molecule has 4 aromatic rings. The summed E-state index contributed by atoms with van der Waals surface area (Å²) in [6, 6.07) is 17.1. The molecule has 0 bridgehead atoms. The summed E-state index contributed by atoms with van der Waals surface area (Å²) < 4.78 is 42.9. The van der Waals surface area contributed by atoms with E-state index < -0.39 is 20.7 Å². The molecule has 1 heterocycles. The second-order valence-corrected chi connectivity index (χ2v) is 8.50. The van der Waals surface area contributed by atoms with Gasteiger partial charge in [0.25, 0.3) is 15.6 Å². The zero-order valence-electron chi connectivity index (χ0n) is 16.3. The Morgan fingerprint density at radius 2 is 1.67 bits per heavy atom. The van der Waals surface area contributed by atoms with E-state index >= 15 is 0 Å². The lowest BCUT2D eigenvalue weighted by Crippen LogP contribution is -2.22. The molecular weight excluding hydrogens is 405 g/mol. The standard InChI is InChI=1S/C22H18FN3O3S/c1-14-13-16(26-15(2)24-20-9-5-3-7-17(20)22(26)27)11-12-19(14)25-30(28,29)21-10-6-4-8-18(21)23/h3-13,25H,1-2H3. The highest BCUT2D eigenvalue weighted by molar-refractivity contribution is 7.92. The van der Waals surface area contributed by atoms with Crippen molar-refractivity contribution in [3.8, 4) is 5.69 Å². The Balaban J connectivity index is 1.76. The lowest BCUT2D eigenvalue weighted by Gasteiger charge is -2.15. The minimum absolute atomic E-state index is 0.211. The van der Waals surface area contributed by atoms with Crippen LogP contribution < -0.4 is 10.3 Å². The molecule has 1 aromatic heterocycles. The van der Waals surface area contributed by atoms with Crippen molar-refractivity contribution in [2.75, 3.05) is 4.72 Å². The van der Waals surface area contributed by atoms with Crippen LogP contribution >= 0.6 is 0 Å². The van der Waals surface area contributed by atoms with Crippen molar-refractivity contribution in [1.82, 2.24) is 9.55 Å². The first-order chi connectivity index (χ1) is 14.3. The average molecular weight is 423 g/mol. The van der Waals surface area contributed by atoms with Gasteiger partial charge in [-0.05, 0) is 61.9 Å². The minimum Gasteiger partial charge on any atom is -0.279 e. The molecule has 0 fully saturated rings. The van der Waals surface area contributed by atoms with Crippen LogP contribution in [0.15, 0.2) is 76.4 Å². The number of aryl methyl sites for hydroxylation is 2. The SMILES string of the molecule is Cc1cc(-n2c(C)nc3ccccc3c2=O)ccc1NS(=O)(=O)c1ccccc1F. The summed E-state index contributed by atoms with van der Waals surface area (Å²) in [6.07, 6.45) is 0. The first kappa shape index (κ1) is 19.8. The molecule has 0 unspecified atom stereocenters. The zero-order valence-corrected chi connectivity index (χ0v) is 17.1. The molecule has 0 aliphatic rings. The van der Waals surface area contributed by atoms with Crippen LogP contribution in [-0.4, -0.2) is 18.0 Å². The van der Waals surface area contributed by atoms with Crippen molar-refractivity contribution in [2.24, 2.45) is 0 Å². The number of hydrogen-bond acceptors (Lipinski definition) is 4. The number of anilines is 1. The molecule has 0 aliphatic carbocycles. The van der Waals surface area contributed by atoms with E-state index in [9.17, 15) is 17.6 Å². The van der Waals surface area contributed by atoms with Crippen LogP contribution in [0.1, 0.15) is 11.4 Å². The van der Waals surface area contributed by atoms with Crippen LogP contribution in [0.5, 0.6) is 0 Å². The molecule has 6 nitrogen and oxygen atoms in total. The van der Waals surface area contributed by atoms with E-state index in [1.165, 1.54) is 22.8 Å². The Kier molecular flexibility index (Phi) is 4.87. The highest BCUT2D eigenvalue weighted by atomic mass is 32.2. The molecule has 8 heteroatoms. The number of nitrogens with one attached hydrogen (secondary N) is 1. The quantitative estimate of drug-likeness (QED) is 0.539. The van der Waals surface area contributed by atoms with Crippen LogP contribution in [0, 0.1) is 19.7 Å². The Hall–Kier alpha value is -3.52. The predicted octanol–water partition coefficient (Wildman–Crippen LogP) is 3.94. The summed E-state index contributed by atoms with van der Waals surface area (Å²) in [5.74, 6) is -0.318. The normalized spacial score (nSPS) is 11.6. The fraction of sp³-hybridized carbons (Fsp3) is 0.0909. The van der Waals surface area contributed by atoms with Crippen LogP contribution in [0.2, 0.25) is 0 Å². The Morgan fingerprint density at radius 1 is 0.967 bits per heavy atom. The Morgan fingerprint density at radius 3 is 2.40 bits per heavy atom. The van der Waals surface area contributed by atoms with Gasteiger partial charge in [-0.2, -0.15) is 0 Å². The second-order valence-electron chi connectivity index (χ2n) is 6.85. The zero-order chi connectivity index (χ0) is 21.5. The van der Waals surface area contributed by atoms with Gasteiger partial charge >= 0.3 is 0 Å². The first-order valence-corrected chi connectivity index (χ1v) is 10.6. The third-order valence-electron chi connectivity index (χ3n) is 4.78. The first-order valence-electron chi connectivity index (χ1n) is 9.15. The molecule has 0 saturated carbocycles. The minimum atomic E-state index is -4.10. The van der Waals surface area contributed by atoms with Gasteiger partial charge in [-0.25, -0.2) is 17.8 Å². The van der Waals surface area contributed by atoms with E-state index in [0.29, 0.717) is 33.7 Å². The molecule has 4 rings (SSSR count). The number of sulfonamides is 1. The third-order valence-corrected chi connectivity index (χ3v) is 6.18. The van der Waals surface area contributed by atoms with Gasteiger partial charge in [-0.1, -0.05) is 24.3 Å². The summed E-state index contributed by atoms with van der Waals surface area (Å²) in [5, 5.41) is 0.491. The number of rotatable bonds is 4. The molecule has 30 heavy (non-hydrogen) atoms. The van der Waals surface area contributed by atoms with Gasteiger partial charge in [0.1, 0.15) is 16.5 Å². The van der Waals surface area contributed by atoms with Crippen LogP contribution in [0.3, 0.4) is 0 Å². The maximum atomic E-state index is 13.9. The van der Waals surface area contributed by atoms with Crippen molar-refractivity contribution in [3.05, 3.63) is 94.3 Å². The molecule has 0 atom stereocenters. The van der Waals surface area contributed by atoms with Gasteiger partial charge in [0, 0.05) is 0 Å². The summed E-state index contributed by atoms with van der Waals surface area (Å²) in [6.45, 7) is 3.44. The van der Waals surface area contributed by atoms with E-state index in [-0.39, 0.29) is 5.56 Å². The highest BCUT2D eigenvalue weighted by Gasteiger charge is 2.20. The number of nitrogens with zero attached hydrogens (tertiary/aromatic N) is 2. The van der Waals surface area contributed by atoms with Crippen LogP contribution in [0.25, 0.3) is 16.6 Å². The summed E-state index contributed by atoms with van der Waals surface area (Å²) in [5.41, 5.74) is 1.83. The maximum Gasteiger partial charge on any atom is 0.265 e. The van der Waals surface area contributed by atoms with E-state index in [4.69, 9.17) is 0 Å². The summed E-state index contributed by atoms with van der Waals surface area (Å²) in [7, 11) is -4.10. The summed E-state index contributed by atoms with van der Waals surface area (Å²) in [4.78, 5) is 17.0. The number of aromatic nitrogens is 2. The number of halogens is 1. The molecule has 0 spiro atoms. The summed E-state index contributed by atoms with van der Waals surface area (Å²) >= 11 is 0. The largest absolute Gasteiger partial charge is 0.279 e.